The number of nitrogens with two attached hydrogens (primary N) is 1. The van der Waals surface area contributed by atoms with Crippen LogP contribution in [0.5, 0.6) is 0 Å². The van der Waals surface area contributed by atoms with Crippen LogP contribution in [-0.4, -0.2) is 37.5 Å². The molecule has 4 nitrogen and oxygen atoms in total. The smallest absolute Gasteiger partial charge is 0.240 e. The number of rotatable bonds is 3. The highest BCUT2D eigenvalue weighted by atomic mass is 16.2. The van der Waals surface area contributed by atoms with Crippen LogP contribution in [0.4, 0.5) is 11.4 Å². The molecular weight excluding hydrogens is 202 g/mol. The van der Waals surface area contributed by atoms with Crippen LogP contribution in [0.3, 0.4) is 0 Å². The zero-order chi connectivity index (χ0) is 11.5. The standard InChI is InChI=1S/C12H17N3O/c1-14(11-5-3-10(13)4-6-11)12(16)9-15-7-2-8-15/h3-6H,2,7-9,13H2,1H3. The van der Waals surface area contributed by atoms with Crippen molar-refractivity contribution >= 4 is 17.3 Å². The maximum Gasteiger partial charge on any atom is 0.240 e. The Labute approximate surface area is 95.6 Å². The Morgan fingerprint density at radius 3 is 2.50 bits per heavy atom. The molecule has 2 N–H and O–H groups in total. The molecule has 16 heavy (non-hydrogen) atoms. The van der Waals surface area contributed by atoms with Crippen molar-refractivity contribution in [1.29, 1.82) is 0 Å². The lowest BCUT2D eigenvalue weighted by atomic mass is 10.2. The SMILES string of the molecule is CN(C(=O)CN1CCC1)c1ccc(N)cc1. The number of hydrogen-bond acceptors (Lipinski definition) is 3. The van der Waals surface area contributed by atoms with Crippen LogP contribution < -0.4 is 10.6 Å². The summed E-state index contributed by atoms with van der Waals surface area (Å²) in [5, 5.41) is 0. The van der Waals surface area contributed by atoms with E-state index in [-0.39, 0.29) is 5.91 Å². The van der Waals surface area contributed by atoms with Crippen LogP contribution in [0.25, 0.3) is 0 Å². The van der Waals surface area contributed by atoms with Crippen molar-refractivity contribution in [2.45, 2.75) is 6.42 Å². The fourth-order valence-corrected chi connectivity index (χ4v) is 1.68. The number of benzene rings is 1. The average molecular weight is 219 g/mol. The number of anilines is 2. The minimum absolute atomic E-state index is 0.129. The molecule has 0 bridgehead atoms. The maximum atomic E-state index is 11.9. The van der Waals surface area contributed by atoms with Gasteiger partial charge in [-0.3, -0.25) is 9.69 Å². The van der Waals surface area contributed by atoms with Gasteiger partial charge in [0, 0.05) is 18.4 Å². The second-order valence-electron chi connectivity index (χ2n) is 4.17. The van der Waals surface area contributed by atoms with E-state index in [0.29, 0.717) is 12.2 Å². The van der Waals surface area contributed by atoms with Crippen molar-refractivity contribution in [3.63, 3.8) is 0 Å². The molecule has 0 spiro atoms. The minimum atomic E-state index is 0.129. The van der Waals surface area contributed by atoms with Gasteiger partial charge in [-0.2, -0.15) is 0 Å². The molecule has 1 amide bonds. The summed E-state index contributed by atoms with van der Waals surface area (Å²) in [6.45, 7) is 2.60. The number of hydrogen-bond donors (Lipinski definition) is 1. The number of amides is 1. The molecule has 1 aromatic rings. The average Bonchev–Trinajstić information content (AvgIpc) is 2.23. The summed E-state index contributed by atoms with van der Waals surface area (Å²) in [5.41, 5.74) is 7.21. The lowest BCUT2D eigenvalue weighted by molar-refractivity contribution is -0.120. The zero-order valence-corrected chi connectivity index (χ0v) is 9.52. The summed E-state index contributed by atoms with van der Waals surface area (Å²) in [5.74, 6) is 0.129. The third kappa shape index (κ3) is 2.33. The largest absolute Gasteiger partial charge is 0.399 e. The lowest BCUT2D eigenvalue weighted by Crippen LogP contribution is -2.45. The molecule has 0 saturated carbocycles. The Morgan fingerprint density at radius 1 is 1.38 bits per heavy atom. The fourth-order valence-electron chi connectivity index (χ4n) is 1.68. The Balaban J connectivity index is 1.97. The Hall–Kier alpha value is -1.55. The molecule has 1 aliphatic heterocycles. The molecule has 1 heterocycles. The first-order valence-corrected chi connectivity index (χ1v) is 5.51. The molecule has 4 heteroatoms. The fraction of sp³-hybridized carbons (Fsp3) is 0.417. The van der Waals surface area contributed by atoms with Crippen molar-refractivity contribution in [3.8, 4) is 0 Å². The van der Waals surface area contributed by atoms with Crippen LogP contribution >= 0.6 is 0 Å². The summed E-state index contributed by atoms with van der Waals surface area (Å²) in [7, 11) is 1.80. The first kappa shape index (κ1) is 11.0. The first-order chi connectivity index (χ1) is 7.66. The highest BCUT2D eigenvalue weighted by molar-refractivity contribution is 5.94. The van der Waals surface area contributed by atoms with Gasteiger partial charge in [-0.1, -0.05) is 0 Å². The van der Waals surface area contributed by atoms with Gasteiger partial charge in [0.1, 0.15) is 0 Å². The normalized spacial score (nSPS) is 15.6. The van der Waals surface area contributed by atoms with Crippen LogP contribution in [0.2, 0.25) is 0 Å². The van der Waals surface area contributed by atoms with E-state index in [4.69, 9.17) is 5.73 Å². The molecule has 0 aliphatic carbocycles. The Morgan fingerprint density at radius 2 is 2.00 bits per heavy atom. The van der Waals surface area contributed by atoms with Gasteiger partial charge in [-0.25, -0.2) is 0 Å². The van der Waals surface area contributed by atoms with E-state index in [9.17, 15) is 4.79 Å². The van der Waals surface area contributed by atoms with Crippen LogP contribution in [0.15, 0.2) is 24.3 Å². The third-order valence-corrected chi connectivity index (χ3v) is 2.96. The Kier molecular flexibility index (Phi) is 3.10. The predicted octanol–water partition coefficient (Wildman–Crippen LogP) is 0.937. The van der Waals surface area contributed by atoms with E-state index < -0.39 is 0 Å². The summed E-state index contributed by atoms with van der Waals surface area (Å²) in [6, 6.07) is 7.35. The van der Waals surface area contributed by atoms with E-state index in [1.54, 1.807) is 11.9 Å². The van der Waals surface area contributed by atoms with Crippen LogP contribution in [-0.2, 0) is 4.79 Å². The van der Waals surface area contributed by atoms with E-state index in [1.165, 1.54) is 6.42 Å². The molecule has 1 saturated heterocycles. The van der Waals surface area contributed by atoms with E-state index >= 15 is 0 Å². The van der Waals surface area contributed by atoms with Crippen molar-refractivity contribution in [2.24, 2.45) is 0 Å². The van der Waals surface area contributed by atoms with Gasteiger partial charge in [0.25, 0.3) is 0 Å². The van der Waals surface area contributed by atoms with Gasteiger partial charge in [0.2, 0.25) is 5.91 Å². The van der Waals surface area contributed by atoms with Crippen molar-refractivity contribution in [2.75, 3.05) is 37.3 Å². The number of carbonyl (C=O) groups is 1. The molecule has 0 aromatic heterocycles. The number of likely N-dealkylation sites (N-methyl/N-ethyl adjacent to an activating group) is 1. The summed E-state index contributed by atoms with van der Waals surface area (Å²) < 4.78 is 0. The van der Waals surface area contributed by atoms with E-state index in [1.807, 2.05) is 24.3 Å². The quantitative estimate of drug-likeness (QED) is 0.770. The lowest BCUT2D eigenvalue weighted by Gasteiger charge is -2.31. The van der Waals surface area contributed by atoms with Crippen molar-refractivity contribution in [3.05, 3.63) is 24.3 Å². The zero-order valence-electron chi connectivity index (χ0n) is 9.52. The number of carbonyl (C=O) groups excluding carboxylic acids is 1. The van der Waals surface area contributed by atoms with Crippen molar-refractivity contribution < 1.29 is 4.79 Å². The molecular formula is C12H17N3O. The molecule has 0 radical (unpaired) electrons. The molecule has 86 valence electrons. The van der Waals surface area contributed by atoms with Gasteiger partial charge in [0.15, 0.2) is 0 Å². The molecule has 1 aromatic carbocycles. The number of nitrogens with zero attached hydrogens (tertiary/aromatic N) is 2. The Bertz CT molecular complexity index is 370. The second-order valence-corrected chi connectivity index (χ2v) is 4.17. The molecule has 0 unspecified atom stereocenters. The summed E-state index contributed by atoms with van der Waals surface area (Å²) in [6.07, 6.45) is 1.21. The van der Waals surface area contributed by atoms with Gasteiger partial charge < -0.3 is 10.6 Å². The summed E-state index contributed by atoms with van der Waals surface area (Å²) in [4.78, 5) is 15.7. The van der Waals surface area contributed by atoms with Gasteiger partial charge in [-0.15, -0.1) is 0 Å². The highest BCUT2D eigenvalue weighted by Crippen LogP contribution is 2.15. The summed E-state index contributed by atoms with van der Waals surface area (Å²) >= 11 is 0. The molecule has 1 aliphatic rings. The molecule has 0 atom stereocenters. The van der Waals surface area contributed by atoms with Crippen molar-refractivity contribution in [1.82, 2.24) is 4.90 Å². The second kappa shape index (κ2) is 4.53. The third-order valence-electron chi connectivity index (χ3n) is 2.96. The number of likely N-dealkylation sites (tertiary alicyclic amines) is 1. The monoisotopic (exact) mass is 219 g/mol. The molecule has 2 rings (SSSR count). The number of nitrogen functional groups attached to an aromatic ring is 1. The van der Waals surface area contributed by atoms with Crippen LogP contribution in [0, 0.1) is 0 Å². The van der Waals surface area contributed by atoms with E-state index in [2.05, 4.69) is 4.90 Å². The van der Waals surface area contributed by atoms with Crippen LogP contribution in [0.1, 0.15) is 6.42 Å². The first-order valence-electron chi connectivity index (χ1n) is 5.51. The maximum absolute atomic E-state index is 11.9. The van der Waals surface area contributed by atoms with E-state index in [0.717, 1.165) is 18.8 Å². The minimum Gasteiger partial charge on any atom is -0.399 e. The van der Waals surface area contributed by atoms with Gasteiger partial charge in [-0.05, 0) is 43.8 Å². The van der Waals surface area contributed by atoms with Gasteiger partial charge in [0.05, 0.1) is 6.54 Å². The highest BCUT2D eigenvalue weighted by Gasteiger charge is 2.19. The molecule has 1 fully saturated rings. The topological polar surface area (TPSA) is 49.6 Å². The van der Waals surface area contributed by atoms with Gasteiger partial charge >= 0.3 is 0 Å². The predicted molar refractivity (Wildman–Crippen MR) is 65.3 cm³/mol.